The molecule has 35 heavy (non-hydrogen) atoms. The normalized spacial score (nSPS) is 19.5. The highest BCUT2D eigenvalue weighted by atomic mass is 16.5. The molecule has 0 bridgehead atoms. The van der Waals surface area contributed by atoms with Gasteiger partial charge in [0.1, 0.15) is 13.2 Å². The van der Waals surface area contributed by atoms with E-state index in [0.717, 1.165) is 24.0 Å². The molecule has 5 heteroatoms. The third kappa shape index (κ3) is 13.1. The van der Waals surface area contributed by atoms with E-state index in [0.29, 0.717) is 19.6 Å². The molecular weight excluding hydrogens is 436 g/mol. The Kier molecular flexibility index (Phi) is 15.7. The smallest absolute Gasteiger partial charge is 0.311 e. The lowest BCUT2D eigenvalue weighted by atomic mass is 10.0. The molecule has 2 heterocycles. The van der Waals surface area contributed by atoms with Gasteiger partial charge in [-0.05, 0) is 6.42 Å². The van der Waals surface area contributed by atoms with Crippen LogP contribution in [0.15, 0.2) is 0 Å². The Morgan fingerprint density at radius 1 is 0.829 bits per heavy atom. The molecule has 0 aromatic carbocycles. The maximum Gasteiger partial charge on any atom is 0.311 e. The van der Waals surface area contributed by atoms with E-state index in [1.807, 2.05) is 4.90 Å². The lowest BCUT2D eigenvalue weighted by Gasteiger charge is -2.28. The quantitative estimate of drug-likeness (QED) is 0.0994. The Labute approximate surface area is 216 Å². The Morgan fingerprint density at radius 3 is 1.83 bits per heavy atom. The van der Waals surface area contributed by atoms with Crippen LogP contribution in [-0.4, -0.2) is 67.6 Å². The average Bonchev–Trinajstić information content (AvgIpc) is 3.44. The summed E-state index contributed by atoms with van der Waals surface area (Å²) in [6, 6.07) is 0. The largest absolute Gasteiger partial charge is 0.459 e. The first kappa shape index (κ1) is 30.1. The maximum atomic E-state index is 12.4. The predicted octanol–water partition coefficient (Wildman–Crippen LogP) is 6.88. The number of hydrogen-bond acceptors (Lipinski definition) is 3. The highest BCUT2D eigenvalue weighted by Gasteiger charge is 2.35. The third-order valence-corrected chi connectivity index (χ3v) is 8.35. The average molecular weight is 494 g/mol. The van der Waals surface area contributed by atoms with Gasteiger partial charge in [0.2, 0.25) is 5.91 Å². The number of likely N-dealkylation sites (tertiary alicyclic amines) is 2. The molecule has 0 aliphatic carbocycles. The zero-order valence-electron chi connectivity index (χ0n) is 23.4. The van der Waals surface area contributed by atoms with Crippen molar-refractivity contribution < 1.29 is 18.8 Å². The minimum absolute atomic E-state index is 0.131. The van der Waals surface area contributed by atoms with E-state index >= 15 is 0 Å². The fraction of sp³-hybridized carbons (Fsp3) is 0.933. The van der Waals surface area contributed by atoms with Gasteiger partial charge in [-0.2, -0.15) is 0 Å². The van der Waals surface area contributed by atoms with Crippen LogP contribution in [0.5, 0.6) is 0 Å². The molecule has 0 saturated carbocycles. The number of nitrogens with zero attached hydrogens (tertiary/aromatic N) is 2. The zero-order valence-corrected chi connectivity index (χ0v) is 23.4. The second-order valence-corrected chi connectivity index (χ2v) is 11.7. The minimum Gasteiger partial charge on any atom is -0.459 e. The Morgan fingerprint density at radius 2 is 1.31 bits per heavy atom. The van der Waals surface area contributed by atoms with Crippen LogP contribution >= 0.6 is 0 Å². The van der Waals surface area contributed by atoms with Gasteiger partial charge in [-0.25, -0.2) is 0 Å². The van der Waals surface area contributed by atoms with E-state index in [-0.39, 0.29) is 17.8 Å². The van der Waals surface area contributed by atoms with Gasteiger partial charge >= 0.3 is 5.97 Å². The highest BCUT2D eigenvalue weighted by Crippen LogP contribution is 2.21. The van der Waals surface area contributed by atoms with Crippen molar-refractivity contribution in [2.45, 2.75) is 129 Å². The van der Waals surface area contributed by atoms with Gasteiger partial charge in [0.15, 0.2) is 0 Å². The third-order valence-electron chi connectivity index (χ3n) is 8.35. The van der Waals surface area contributed by atoms with Gasteiger partial charge in [0.25, 0.3) is 0 Å². The van der Waals surface area contributed by atoms with Crippen LogP contribution in [0.3, 0.4) is 0 Å². The molecular formula is C30H57N2O3+. The van der Waals surface area contributed by atoms with E-state index < -0.39 is 0 Å². The fourth-order valence-corrected chi connectivity index (χ4v) is 5.80. The highest BCUT2D eigenvalue weighted by molar-refractivity contribution is 5.86. The molecule has 2 rings (SSSR count). The number of esters is 1. The summed E-state index contributed by atoms with van der Waals surface area (Å²) in [6.45, 7) is 7.40. The number of rotatable bonds is 21. The fourth-order valence-electron chi connectivity index (χ4n) is 5.80. The number of quaternary nitrogens is 1. The number of amides is 1. The van der Waals surface area contributed by atoms with E-state index in [1.165, 1.54) is 122 Å². The summed E-state index contributed by atoms with van der Waals surface area (Å²) >= 11 is 0. The molecule has 0 spiro atoms. The van der Waals surface area contributed by atoms with Crippen LogP contribution in [0, 0.1) is 5.92 Å². The van der Waals surface area contributed by atoms with E-state index in [2.05, 4.69) is 14.0 Å². The Bertz CT molecular complexity index is 574. The second kappa shape index (κ2) is 18.2. The molecule has 2 aliphatic heterocycles. The molecule has 2 saturated heterocycles. The Hall–Kier alpha value is -1.10. The summed E-state index contributed by atoms with van der Waals surface area (Å²) in [5.41, 5.74) is 0. The van der Waals surface area contributed by atoms with Crippen molar-refractivity contribution in [3.05, 3.63) is 0 Å². The number of carbonyl (C=O) groups is 2. The van der Waals surface area contributed by atoms with Gasteiger partial charge in [0.05, 0.1) is 26.1 Å². The summed E-state index contributed by atoms with van der Waals surface area (Å²) in [4.78, 5) is 26.7. The van der Waals surface area contributed by atoms with Crippen molar-refractivity contribution in [3.8, 4) is 0 Å². The van der Waals surface area contributed by atoms with Crippen molar-refractivity contribution in [1.29, 1.82) is 0 Å². The Balaban J connectivity index is 1.37. The predicted molar refractivity (Wildman–Crippen MR) is 145 cm³/mol. The molecule has 5 nitrogen and oxygen atoms in total. The first-order valence-electron chi connectivity index (χ1n) is 15.3. The molecule has 1 amide bonds. The van der Waals surface area contributed by atoms with Crippen LogP contribution in [0.4, 0.5) is 0 Å². The molecule has 204 valence electrons. The van der Waals surface area contributed by atoms with Crippen LogP contribution in [0.25, 0.3) is 0 Å². The first-order chi connectivity index (χ1) is 17.0. The first-order valence-corrected chi connectivity index (χ1v) is 15.3. The van der Waals surface area contributed by atoms with Crippen molar-refractivity contribution in [2.75, 3.05) is 46.4 Å². The maximum absolute atomic E-state index is 12.4. The molecule has 0 aromatic heterocycles. The van der Waals surface area contributed by atoms with Crippen LogP contribution in [-0.2, 0) is 14.3 Å². The number of unbranched alkanes of at least 4 members (excludes halogenated alkanes) is 15. The van der Waals surface area contributed by atoms with Crippen molar-refractivity contribution in [1.82, 2.24) is 4.90 Å². The van der Waals surface area contributed by atoms with Crippen molar-refractivity contribution in [2.24, 2.45) is 5.92 Å². The van der Waals surface area contributed by atoms with E-state index in [9.17, 15) is 9.59 Å². The zero-order chi connectivity index (χ0) is 25.2. The topological polar surface area (TPSA) is 46.6 Å². The molecule has 1 unspecified atom stereocenters. The van der Waals surface area contributed by atoms with Gasteiger partial charge < -0.3 is 14.1 Å². The standard InChI is InChI=1S/C30H57N2O3/c1-3-4-5-6-7-8-9-10-11-12-13-14-15-16-17-18-21-31-27-28(26-29(31)33)30(34)35-25-24-32(2)22-19-20-23-32/h28H,3-27H2,1-2H3/q+1. The van der Waals surface area contributed by atoms with Crippen LogP contribution in [0.1, 0.15) is 129 Å². The van der Waals surface area contributed by atoms with Crippen LogP contribution < -0.4 is 0 Å². The second-order valence-electron chi connectivity index (χ2n) is 11.7. The minimum atomic E-state index is -0.257. The summed E-state index contributed by atoms with van der Waals surface area (Å²) < 4.78 is 6.57. The summed E-state index contributed by atoms with van der Waals surface area (Å²) in [7, 11) is 2.25. The summed E-state index contributed by atoms with van der Waals surface area (Å²) in [6.07, 6.45) is 24.6. The number of carbonyl (C=O) groups excluding carboxylic acids is 2. The lowest BCUT2D eigenvalue weighted by molar-refractivity contribution is -0.897. The molecule has 0 N–H and O–H groups in total. The number of hydrogen-bond donors (Lipinski definition) is 0. The van der Waals surface area contributed by atoms with Crippen LogP contribution in [0.2, 0.25) is 0 Å². The van der Waals surface area contributed by atoms with Gasteiger partial charge in [-0.1, -0.05) is 103 Å². The monoisotopic (exact) mass is 493 g/mol. The SMILES string of the molecule is CCCCCCCCCCCCCCCCCCN1CC(C(=O)OCC[N+]2(C)CCCC2)CC1=O. The number of ether oxygens (including phenoxy) is 1. The lowest BCUT2D eigenvalue weighted by Crippen LogP contribution is -2.43. The van der Waals surface area contributed by atoms with Gasteiger partial charge in [-0.3, -0.25) is 9.59 Å². The molecule has 0 aromatic rings. The molecule has 2 fully saturated rings. The number of likely N-dealkylation sites (N-methyl/N-ethyl adjacent to an activating group) is 1. The molecule has 2 aliphatic rings. The molecule has 1 atom stereocenters. The van der Waals surface area contributed by atoms with Crippen molar-refractivity contribution in [3.63, 3.8) is 0 Å². The van der Waals surface area contributed by atoms with Gasteiger partial charge in [0, 0.05) is 32.4 Å². The van der Waals surface area contributed by atoms with Gasteiger partial charge in [-0.15, -0.1) is 0 Å². The summed E-state index contributed by atoms with van der Waals surface area (Å²) in [5.74, 6) is -0.294. The summed E-state index contributed by atoms with van der Waals surface area (Å²) in [5, 5.41) is 0. The van der Waals surface area contributed by atoms with E-state index in [1.54, 1.807) is 0 Å². The molecule has 0 radical (unpaired) electrons. The van der Waals surface area contributed by atoms with Crippen molar-refractivity contribution >= 4 is 11.9 Å². The van der Waals surface area contributed by atoms with E-state index in [4.69, 9.17) is 4.74 Å².